The van der Waals surface area contributed by atoms with Gasteiger partial charge in [0.05, 0.1) is 11.7 Å². The minimum Gasteiger partial charge on any atom is -0.390 e. The highest BCUT2D eigenvalue weighted by Crippen LogP contribution is 2.49. The number of hydrogen-bond acceptors (Lipinski definition) is 2. The first kappa shape index (κ1) is 9.47. The van der Waals surface area contributed by atoms with Crippen LogP contribution in [0.15, 0.2) is 0 Å². The number of fused-ring (bicyclic) bond motifs is 1. The van der Waals surface area contributed by atoms with E-state index in [0.29, 0.717) is 6.10 Å². The summed E-state index contributed by atoms with van der Waals surface area (Å²) in [5.74, 6) is 1.46. The molecule has 76 valence electrons. The van der Waals surface area contributed by atoms with Crippen molar-refractivity contribution < 1.29 is 9.84 Å². The molecule has 2 fully saturated rings. The second-order valence-corrected chi connectivity index (χ2v) is 4.97. The van der Waals surface area contributed by atoms with Crippen molar-refractivity contribution in [2.75, 3.05) is 6.61 Å². The van der Waals surface area contributed by atoms with Gasteiger partial charge in [-0.1, -0.05) is 0 Å². The summed E-state index contributed by atoms with van der Waals surface area (Å²) in [7, 11) is 0. The van der Waals surface area contributed by atoms with Gasteiger partial charge in [-0.05, 0) is 51.4 Å². The maximum Gasteiger partial charge on any atom is 0.0625 e. The van der Waals surface area contributed by atoms with Gasteiger partial charge in [-0.2, -0.15) is 0 Å². The summed E-state index contributed by atoms with van der Waals surface area (Å²) in [6.07, 6.45) is 4.81. The van der Waals surface area contributed by atoms with Crippen LogP contribution < -0.4 is 0 Å². The highest BCUT2D eigenvalue weighted by molar-refractivity contribution is 4.97. The van der Waals surface area contributed by atoms with E-state index in [2.05, 4.69) is 6.92 Å². The lowest BCUT2D eigenvalue weighted by atomic mass is 10.0. The first-order chi connectivity index (χ1) is 6.11. The molecule has 2 rings (SSSR count). The van der Waals surface area contributed by atoms with Crippen LogP contribution in [0.25, 0.3) is 0 Å². The maximum absolute atomic E-state index is 9.88. The third-order valence-electron chi connectivity index (χ3n) is 3.60. The molecular weight excluding hydrogens is 164 g/mol. The largest absolute Gasteiger partial charge is 0.390 e. The van der Waals surface area contributed by atoms with Crippen LogP contribution in [0.1, 0.15) is 39.5 Å². The van der Waals surface area contributed by atoms with Crippen LogP contribution in [-0.2, 0) is 4.74 Å². The molecule has 0 aliphatic heterocycles. The third-order valence-corrected chi connectivity index (χ3v) is 3.60. The Kier molecular flexibility index (Phi) is 2.37. The van der Waals surface area contributed by atoms with Gasteiger partial charge < -0.3 is 9.84 Å². The lowest BCUT2D eigenvalue weighted by molar-refractivity contribution is 0.0322. The van der Waals surface area contributed by atoms with Crippen molar-refractivity contribution in [3.8, 4) is 0 Å². The van der Waals surface area contributed by atoms with Gasteiger partial charge in [0.1, 0.15) is 0 Å². The quantitative estimate of drug-likeness (QED) is 0.711. The van der Waals surface area contributed by atoms with Crippen molar-refractivity contribution in [1.82, 2.24) is 0 Å². The molecule has 1 N–H and O–H groups in total. The van der Waals surface area contributed by atoms with E-state index in [1.165, 1.54) is 12.8 Å². The second kappa shape index (κ2) is 3.25. The molecule has 0 amide bonds. The average Bonchev–Trinajstić information content (AvgIpc) is 2.41. The molecule has 0 aromatic carbocycles. The Balaban J connectivity index is 1.90. The summed E-state index contributed by atoms with van der Waals surface area (Å²) in [5, 5.41) is 9.88. The molecule has 2 aliphatic carbocycles. The molecule has 2 saturated carbocycles. The summed E-state index contributed by atoms with van der Waals surface area (Å²) in [6, 6.07) is 0. The maximum atomic E-state index is 9.88. The van der Waals surface area contributed by atoms with Crippen LogP contribution in [0.3, 0.4) is 0 Å². The molecule has 2 aliphatic rings. The molecule has 2 nitrogen and oxygen atoms in total. The lowest BCUT2D eigenvalue weighted by Crippen LogP contribution is -2.21. The predicted molar refractivity (Wildman–Crippen MR) is 51.5 cm³/mol. The molecule has 0 saturated heterocycles. The van der Waals surface area contributed by atoms with Crippen molar-refractivity contribution in [1.29, 1.82) is 0 Å². The molecule has 0 spiro atoms. The summed E-state index contributed by atoms with van der Waals surface area (Å²) in [6.45, 7) is 4.87. The Hall–Kier alpha value is -0.0800. The highest BCUT2D eigenvalue weighted by atomic mass is 16.5. The number of aliphatic hydroxyl groups is 1. The molecular formula is C11H20O2. The molecule has 13 heavy (non-hydrogen) atoms. The summed E-state index contributed by atoms with van der Waals surface area (Å²) >= 11 is 0. The van der Waals surface area contributed by atoms with Crippen molar-refractivity contribution in [2.24, 2.45) is 11.8 Å². The molecule has 0 bridgehead atoms. The summed E-state index contributed by atoms with van der Waals surface area (Å²) in [5.41, 5.74) is -0.382. The van der Waals surface area contributed by atoms with Crippen LogP contribution in [0.5, 0.6) is 0 Å². The van der Waals surface area contributed by atoms with Crippen LogP contribution in [0.4, 0.5) is 0 Å². The Morgan fingerprint density at radius 3 is 2.31 bits per heavy atom. The lowest BCUT2D eigenvalue weighted by Gasteiger charge is -2.19. The predicted octanol–water partition coefficient (Wildman–Crippen LogP) is 1.96. The Bertz CT molecular complexity index is 173. The van der Waals surface area contributed by atoms with Crippen molar-refractivity contribution in [3.05, 3.63) is 0 Å². The molecule has 0 radical (unpaired) electrons. The van der Waals surface area contributed by atoms with E-state index in [0.717, 1.165) is 31.3 Å². The van der Waals surface area contributed by atoms with Crippen molar-refractivity contribution >= 4 is 0 Å². The number of ether oxygens (including phenoxy) is 1. The minimum atomic E-state index is -0.382. The van der Waals surface area contributed by atoms with Gasteiger partial charge in [0.15, 0.2) is 0 Å². The zero-order valence-electron chi connectivity index (χ0n) is 8.62. The van der Waals surface area contributed by atoms with Gasteiger partial charge >= 0.3 is 0 Å². The fraction of sp³-hybridized carbons (Fsp3) is 1.00. The van der Waals surface area contributed by atoms with E-state index in [1.807, 2.05) is 6.92 Å². The van der Waals surface area contributed by atoms with Crippen LogP contribution in [-0.4, -0.2) is 23.4 Å². The monoisotopic (exact) mass is 184 g/mol. The summed E-state index contributed by atoms with van der Waals surface area (Å²) in [4.78, 5) is 0. The average molecular weight is 184 g/mol. The van der Waals surface area contributed by atoms with Crippen molar-refractivity contribution in [2.45, 2.75) is 51.2 Å². The van der Waals surface area contributed by atoms with Gasteiger partial charge in [0.2, 0.25) is 0 Å². The van der Waals surface area contributed by atoms with Crippen molar-refractivity contribution in [3.63, 3.8) is 0 Å². The van der Waals surface area contributed by atoms with Crippen LogP contribution in [0, 0.1) is 11.8 Å². The Labute approximate surface area is 80.3 Å². The molecule has 0 unspecified atom stereocenters. The SMILES string of the molecule is CCO[C@@H]1C[C@@H]2C[C@](C)(O)C[C@@H]2C1. The Morgan fingerprint density at radius 2 is 1.85 bits per heavy atom. The molecule has 2 heteroatoms. The Morgan fingerprint density at radius 1 is 1.31 bits per heavy atom. The first-order valence-electron chi connectivity index (χ1n) is 5.45. The van der Waals surface area contributed by atoms with E-state index in [9.17, 15) is 5.11 Å². The van der Waals surface area contributed by atoms with Crippen LogP contribution >= 0.6 is 0 Å². The smallest absolute Gasteiger partial charge is 0.0625 e. The zero-order valence-corrected chi connectivity index (χ0v) is 8.62. The molecule has 0 aromatic rings. The van der Waals surface area contributed by atoms with Crippen LogP contribution in [0.2, 0.25) is 0 Å². The normalized spacial score (nSPS) is 49.6. The van der Waals surface area contributed by atoms with Gasteiger partial charge in [-0.15, -0.1) is 0 Å². The molecule has 0 heterocycles. The number of rotatable bonds is 2. The molecule has 4 atom stereocenters. The fourth-order valence-electron chi connectivity index (χ4n) is 3.24. The summed E-state index contributed by atoms with van der Waals surface area (Å²) < 4.78 is 5.63. The van der Waals surface area contributed by atoms with E-state index in [1.54, 1.807) is 0 Å². The van der Waals surface area contributed by atoms with E-state index < -0.39 is 0 Å². The molecule has 0 aromatic heterocycles. The van der Waals surface area contributed by atoms with Gasteiger partial charge in [-0.3, -0.25) is 0 Å². The minimum absolute atomic E-state index is 0.382. The highest BCUT2D eigenvalue weighted by Gasteiger charge is 2.46. The number of hydrogen-bond donors (Lipinski definition) is 1. The standard InChI is InChI=1S/C11H20O2/c1-3-13-10-4-8-6-11(2,12)7-9(8)5-10/h8-10,12H,3-7H2,1-2H3/t8-,9+,10-,11+. The van der Waals surface area contributed by atoms with E-state index in [-0.39, 0.29) is 5.60 Å². The van der Waals surface area contributed by atoms with E-state index in [4.69, 9.17) is 4.74 Å². The topological polar surface area (TPSA) is 29.5 Å². The van der Waals surface area contributed by atoms with Gasteiger partial charge in [0.25, 0.3) is 0 Å². The second-order valence-electron chi connectivity index (χ2n) is 4.97. The van der Waals surface area contributed by atoms with E-state index >= 15 is 0 Å². The fourth-order valence-corrected chi connectivity index (χ4v) is 3.24. The third kappa shape index (κ3) is 1.89. The first-order valence-corrected chi connectivity index (χ1v) is 5.45. The zero-order chi connectivity index (χ0) is 9.47. The van der Waals surface area contributed by atoms with Gasteiger partial charge in [0, 0.05) is 6.61 Å². The van der Waals surface area contributed by atoms with Gasteiger partial charge in [-0.25, -0.2) is 0 Å².